The highest BCUT2D eigenvalue weighted by atomic mass is 14.6. The van der Waals surface area contributed by atoms with Crippen LogP contribution in [0, 0.1) is 17.3 Å². The summed E-state index contributed by atoms with van der Waals surface area (Å²) in [6.45, 7) is 0. The van der Waals surface area contributed by atoms with Gasteiger partial charge in [-0.1, -0.05) is 6.42 Å². The molecule has 3 aliphatic rings. The van der Waals surface area contributed by atoms with Gasteiger partial charge in [0.05, 0.1) is 0 Å². The molecule has 2 spiro atoms. The quantitative estimate of drug-likeness (QED) is 0.479. The van der Waals surface area contributed by atoms with E-state index in [-0.39, 0.29) is 0 Å². The molecule has 3 fully saturated rings. The normalized spacial score (nSPS) is 38.4. The molecule has 0 aromatic heterocycles. The Kier molecular flexibility index (Phi) is 0.810. The van der Waals surface area contributed by atoms with Crippen LogP contribution < -0.4 is 0 Å². The van der Waals surface area contributed by atoms with E-state index in [0.29, 0.717) is 0 Å². The molecule has 0 aromatic rings. The summed E-state index contributed by atoms with van der Waals surface area (Å²) in [6, 6.07) is 0. The summed E-state index contributed by atoms with van der Waals surface area (Å²) < 4.78 is 0. The first kappa shape index (κ1) is 5.62. The standard InChI is InChI=1S/C10H15/c1-2-9(4-5-9)8-10(3-1)6-7-10/h4H,1-3,5-8H2. The molecule has 0 N–H and O–H groups in total. The van der Waals surface area contributed by atoms with Crippen molar-refractivity contribution >= 4 is 0 Å². The molecule has 0 nitrogen and oxygen atoms in total. The van der Waals surface area contributed by atoms with Crippen LogP contribution in [0.25, 0.3) is 0 Å². The lowest BCUT2D eigenvalue weighted by molar-refractivity contribution is 0.239. The Balaban J connectivity index is 1.80. The minimum atomic E-state index is 0.800. The van der Waals surface area contributed by atoms with Crippen LogP contribution in [0.2, 0.25) is 0 Å². The third kappa shape index (κ3) is 0.681. The second-order valence-electron chi connectivity index (χ2n) is 4.80. The average molecular weight is 135 g/mol. The van der Waals surface area contributed by atoms with Crippen molar-refractivity contribution in [2.24, 2.45) is 10.8 Å². The van der Waals surface area contributed by atoms with Gasteiger partial charge in [0.1, 0.15) is 0 Å². The van der Waals surface area contributed by atoms with Crippen molar-refractivity contribution in [3.63, 3.8) is 0 Å². The lowest BCUT2D eigenvalue weighted by atomic mass is 9.77. The van der Waals surface area contributed by atoms with E-state index in [4.69, 9.17) is 0 Å². The van der Waals surface area contributed by atoms with Crippen molar-refractivity contribution in [2.45, 2.75) is 44.9 Å². The molecule has 55 valence electrons. The Morgan fingerprint density at radius 3 is 2.40 bits per heavy atom. The van der Waals surface area contributed by atoms with Crippen LogP contribution >= 0.6 is 0 Å². The van der Waals surface area contributed by atoms with Gasteiger partial charge in [-0.15, -0.1) is 0 Å². The first-order chi connectivity index (χ1) is 4.83. The van der Waals surface area contributed by atoms with Crippen molar-refractivity contribution in [2.75, 3.05) is 0 Å². The Morgan fingerprint density at radius 2 is 1.80 bits per heavy atom. The summed E-state index contributed by atoms with van der Waals surface area (Å²) in [5.74, 6) is 0. The molecule has 0 aromatic carbocycles. The van der Waals surface area contributed by atoms with Crippen molar-refractivity contribution in [3.05, 3.63) is 6.42 Å². The van der Waals surface area contributed by atoms with E-state index in [2.05, 4.69) is 6.42 Å². The lowest BCUT2D eigenvalue weighted by Crippen LogP contribution is -2.16. The lowest BCUT2D eigenvalue weighted by Gasteiger charge is -2.28. The monoisotopic (exact) mass is 135 g/mol. The second-order valence-corrected chi connectivity index (χ2v) is 4.80. The molecule has 1 radical (unpaired) electrons. The molecule has 0 amide bonds. The fraction of sp³-hybridized carbons (Fsp3) is 0.900. The molecule has 0 aliphatic heterocycles. The zero-order chi connectivity index (χ0) is 6.66. The Labute approximate surface area is 63.0 Å². The van der Waals surface area contributed by atoms with E-state index in [1.165, 1.54) is 19.3 Å². The molecular formula is C10H15. The highest BCUT2D eigenvalue weighted by molar-refractivity contribution is 5.17. The van der Waals surface area contributed by atoms with E-state index in [9.17, 15) is 0 Å². The average Bonchev–Trinajstić information content (AvgIpc) is 2.78. The van der Waals surface area contributed by atoms with E-state index < -0.39 is 0 Å². The van der Waals surface area contributed by atoms with Gasteiger partial charge in [-0.05, 0) is 55.8 Å². The van der Waals surface area contributed by atoms with Gasteiger partial charge in [-0.2, -0.15) is 0 Å². The third-order valence-electron chi connectivity index (χ3n) is 3.85. The molecule has 0 heteroatoms. The maximum atomic E-state index is 2.56. The van der Waals surface area contributed by atoms with Crippen LogP contribution in [0.1, 0.15) is 44.9 Å². The van der Waals surface area contributed by atoms with Crippen LogP contribution in [0.5, 0.6) is 0 Å². The summed E-state index contributed by atoms with van der Waals surface area (Å²) in [5, 5.41) is 0. The molecule has 3 rings (SSSR count). The predicted octanol–water partition coefficient (Wildman–Crippen LogP) is 2.93. The SMILES string of the molecule is [CH]1CC12CCCC1(CC1)C2. The van der Waals surface area contributed by atoms with Gasteiger partial charge in [-0.25, -0.2) is 0 Å². The van der Waals surface area contributed by atoms with E-state index in [1.807, 2.05) is 0 Å². The predicted molar refractivity (Wildman–Crippen MR) is 41.5 cm³/mol. The Morgan fingerprint density at radius 1 is 1.00 bits per heavy atom. The van der Waals surface area contributed by atoms with Crippen molar-refractivity contribution in [1.29, 1.82) is 0 Å². The molecule has 10 heavy (non-hydrogen) atoms. The fourth-order valence-electron chi connectivity index (χ4n) is 2.84. The summed E-state index contributed by atoms with van der Waals surface area (Å²) in [4.78, 5) is 0. The van der Waals surface area contributed by atoms with Gasteiger partial charge < -0.3 is 0 Å². The molecule has 0 bridgehead atoms. The summed E-state index contributed by atoms with van der Waals surface area (Å²) >= 11 is 0. The minimum Gasteiger partial charge on any atom is -0.0522 e. The van der Waals surface area contributed by atoms with E-state index >= 15 is 0 Å². The maximum Gasteiger partial charge on any atom is -0.0258 e. The molecule has 0 saturated heterocycles. The first-order valence-electron chi connectivity index (χ1n) is 4.67. The van der Waals surface area contributed by atoms with Gasteiger partial charge in [-0.3, -0.25) is 0 Å². The van der Waals surface area contributed by atoms with Gasteiger partial charge >= 0.3 is 0 Å². The highest BCUT2D eigenvalue weighted by Crippen LogP contribution is 2.67. The van der Waals surface area contributed by atoms with Crippen molar-refractivity contribution in [3.8, 4) is 0 Å². The zero-order valence-electron chi connectivity index (χ0n) is 6.53. The van der Waals surface area contributed by atoms with Crippen molar-refractivity contribution in [1.82, 2.24) is 0 Å². The van der Waals surface area contributed by atoms with Crippen LogP contribution in [0.4, 0.5) is 0 Å². The van der Waals surface area contributed by atoms with E-state index in [1.54, 1.807) is 25.7 Å². The minimum absolute atomic E-state index is 0.800. The highest BCUT2D eigenvalue weighted by Gasteiger charge is 2.55. The zero-order valence-corrected chi connectivity index (χ0v) is 6.53. The molecular weight excluding hydrogens is 120 g/mol. The molecule has 3 saturated carbocycles. The van der Waals surface area contributed by atoms with Gasteiger partial charge in [0.15, 0.2) is 0 Å². The smallest absolute Gasteiger partial charge is 0.0258 e. The largest absolute Gasteiger partial charge is 0.0522 e. The van der Waals surface area contributed by atoms with Crippen LogP contribution in [-0.2, 0) is 0 Å². The van der Waals surface area contributed by atoms with E-state index in [0.717, 1.165) is 10.8 Å². The van der Waals surface area contributed by atoms with Gasteiger partial charge in [0, 0.05) is 0 Å². The molecule has 0 heterocycles. The van der Waals surface area contributed by atoms with Crippen LogP contribution in [0.15, 0.2) is 0 Å². The fourth-order valence-corrected chi connectivity index (χ4v) is 2.84. The Bertz CT molecular complexity index is 143. The summed E-state index contributed by atoms with van der Waals surface area (Å²) in [6.07, 6.45) is 13.3. The summed E-state index contributed by atoms with van der Waals surface area (Å²) in [7, 11) is 0. The second kappa shape index (κ2) is 1.44. The first-order valence-corrected chi connectivity index (χ1v) is 4.67. The number of hydrogen-bond acceptors (Lipinski definition) is 0. The van der Waals surface area contributed by atoms with Crippen LogP contribution in [-0.4, -0.2) is 0 Å². The molecule has 3 aliphatic carbocycles. The maximum absolute atomic E-state index is 2.56. The Hall–Kier alpha value is 0. The summed E-state index contributed by atoms with van der Waals surface area (Å²) in [5.41, 5.74) is 1.69. The molecule has 1 unspecified atom stereocenters. The van der Waals surface area contributed by atoms with Gasteiger partial charge in [0.25, 0.3) is 0 Å². The molecule has 1 atom stereocenters. The van der Waals surface area contributed by atoms with Crippen LogP contribution in [0.3, 0.4) is 0 Å². The van der Waals surface area contributed by atoms with Gasteiger partial charge in [0.2, 0.25) is 0 Å². The number of hydrogen-bond donors (Lipinski definition) is 0. The third-order valence-corrected chi connectivity index (χ3v) is 3.85. The topological polar surface area (TPSA) is 0 Å². The van der Waals surface area contributed by atoms with Crippen molar-refractivity contribution < 1.29 is 0 Å². The number of rotatable bonds is 0.